The average molecular weight is 560 g/mol. The third-order valence-electron chi connectivity index (χ3n) is 5.66. The molecule has 0 saturated carbocycles. The summed E-state index contributed by atoms with van der Waals surface area (Å²) in [6.45, 7) is 6.02. The molecular weight excluding hydrogens is 524 g/mol. The molecule has 8 nitrogen and oxygen atoms in total. The molecule has 194 valence electrons. The molecule has 0 fully saturated rings. The van der Waals surface area contributed by atoms with Crippen molar-refractivity contribution in [3.05, 3.63) is 54.4 Å². The first-order chi connectivity index (χ1) is 16.6. The fourth-order valence-electron chi connectivity index (χ4n) is 3.63. The molecule has 0 atom stereocenters. The van der Waals surface area contributed by atoms with Crippen LogP contribution in [0.2, 0.25) is 0 Å². The fraction of sp³-hybridized carbons (Fsp3) is 0.370. The number of Topliss-reactive ketones (excluding diaryl/α,β-unsaturated/α-hetero) is 1. The number of carbonyl (C=O) groups excluding carboxylic acids is 1. The summed E-state index contributed by atoms with van der Waals surface area (Å²) >= 11 is 0. The maximum absolute atomic E-state index is 12.8. The van der Waals surface area contributed by atoms with Crippen LogP contribution in [0.4, 0.5) is 5.69 Å². The number of methoxy groups -OCH3 is 3. The van der Waals surface area contributed by atoms with Crippen molar-refractivity contribution in [3.63, 3.8) is 0 Å². The highest BCUT2D eigenvalue weighted by atomic mass is 79.9. The molecule has 0 aliphatic heterocycles. The minimum atomic E-state index is -0.448. The second-order valence-corrected chi connectivity index (χ2v) is 9.41. The Labute approximate surface area is 223 Å². The molecule has 1 aromatic heterocycles. The van der Waals surface area contributed by atoms with E-state index in [4.69, 9.17) is 19.3 Å². The van der Waals surface area contributed by atoms with Gasteiger partial charge < -0.3 is 36.1 Å². The molecule has 9 heteroatoms. The normalized spacial score (nSPS) is 11.2. The first-order valence-corrected chi connectivity index (χ1v) is 11.3. The van der Waals surface area contributed by atoms with E-state index in [2.05, 4.69) is 0 Å². The van der Waals surface area contributed by atoms with Gasteiger partial charge in [-0.1, -0.05) is 25.9 Å². The maximum atomic E-state index is 12.8. The lowest BCUT2D eigenvalue weighted by Gasteiger charge is -2.20. The van der Waals surface area contributed by atoms with Crippen LogP contribution in [0.3, 0.4) is 0 Å². The Morgan fingerprint density at radius 2 is 1.61 bits per heavy atom. The number of carbonyl (C=O) groups is 1. The van der Waals surface area contributed by atoms with Crippen molar-refractivity contribution in [2.45, 2.75) is 27.3 Å². The van der Waals surface area contributed by atoms with Crippen LogP contribution in [-0.4, -0.2) is 52.1 Å². The van der Waals surface area contributed by atoms with Crippen LogP contribution in [0, 0.1) is 5.41 Å². The van der Waals surface area contributed by atoms with E-state index in [9.17, 15) is 4.79 Å². The maximum Gasteiger partial charge on any atom is 0.314 e. The summed E-state index contributed by atoms with van der Waals surface area (Å²) in [6.07, 6.45) is 5.46. The predicted octanol–water partition coefficient (Wildman–Crippen LogP) is 1.04. The van der Waals surface area contributed by atoms with Crippen LogP contribution in [0.25, 0.3) is 11.4 Å². The van der Waals surface area contributed by atoms with Gasteiger partial charge in [0.2, 0.25) is 0 Å². The van der Waals surface area contributed by atoms with Crippen molar-refractivity contribution in [3.8, 4) is 28.6 Å². The summed E-state index contributed by atoms with van der Waals surface area (Å²) in [5.74, 6) is 3.04. The van der Waals surface area contributed by atoms with E-state index in [-0.39, 0.29) is 29.3 Å². The largest absolute Gasteiger partial charge is 1.00 e. The Bertz CT molecular complexity index is 1190. The van der Waals surface area contributed by atoms with Gasteiger partial charge in [0, 0.05) is 25.1 Å². The molecule has 0 amide bonds. The van der Waals surface area contributed by atoms with E-state index in [1.165, 1.54) is 0 Å². The molecule has 0 aliphatic carbocycles. The molecule has 3 rings (SSSR count). The molecule has 3 aromatic rings. The molecule has 1 heterocycles. The topological polar surface area (TPSA) is 69.2 Å². The van der Waals surface area contributed by atoms with Crippen molar-refractivity contribution in [1.29, 1.82) is 0 Å². The third kappa shape index (κ3) is 6.46. The smallest absolute Gasteiger partial charge is 0.314 e. The van der Waals surface area contributed by atoms with E-state index in [1.807, 2.05) is 93.1 Å². The molecule has 0 radical (unpaired) electrons. The first-order valence-electron chi connectivity index (χ1n) is 11.3. The van der Waals surface area contributed by atoms with Crippen molar-refractivity contribution in [2.75, 3.05) is 40.3 Å². The minimum absolute atomic E-state index is 0. The number of anilines is 1. The average Bonchev–Trinajstić information content (AvgIpc) is 3.23. The lowest BCUT2D eigenvalue weighted by atomic mass is 9.91. The first kappa shape index (κ1) is 28.9. The Balaban J connectivity index is 0.00000456. The van der Waals surface area contributed by atoms with E-state index in [0.717, 1.165) is 28.4 Å². The zero-order valence-corrected chi connectivity index (χ0v) is 23.8. The summed E-state index contributed by atoms with van der Waals surface area (Å²) in [7, 11) is 8.77. The minimum Gasteiger partial charge on any atom is -1.00 e. The number of hydrogen-bond donors (Lipinski definition) is 0. The van der Waals surface area contributed by atoms with Gasteiger partial charge in [-0.3, -0.25) is 4.79 Å². The van der Waals surface area contributed by atoms with E-state index >= 15 is 0 Å². The molecular formula is C27H35BrN4O4. The van der Waals surface area contributed by atoms with Crippen LogP contribution in [0.1, 0.15) is 26.3 Å². The molecule has 2 aromatic carbocycles. The second kappa shape index (κ2) is 12.1. The predicted molar refractivity (Wildman–Crippen MR) is 138 cm³/mol. The van der Waals surface area contributed by atoms with Gasteiger partial charge in [-0.15, -0.1) is 4.68 Å². The number of hydrogen-bond acceptors (Lipinski definition) is 6. The van der Waals surface area contributed by atoms with Crippen molar-refractivity contribution in [1.82, 2.24) is 4.68 Å². The second-order valence-electron chi connectivity index (χ2n) is 9.41. The van der Waals surface area contributed by atoms with Crippen molar-refractivity contribution >= 4 is 17.7 Å². The molecule has 0 spiro atoms. The number of ketones is 1. The number of halogens is 1. The van der Waals surface area contributed by atoms with Gasteiger partial charge >= 0.3 is 5.82 Å². The van der Waals surface area contributed by atoms with Gasteiger partial charge in [0.05, 0.1) is 33.1 Å². The Kier molecular flexibility index (Phi) is 9.69. The van der Waals surface area contributed by atoms with Gasteiger partial charge in [-0.05, 0) is 36.4 Å². The lowest BCUT2D eigenvalue weighted by Crippen LogP contribution is -3.00. The van der Waals surface area contributed by atoms with E-state index in [0.29, 0.717) is 11.5 Å². The van der Waals surface area contributed by atoms with Gasteiger partial charge in [0.1, 0.15) is 35.7 Å². The number of benzene rings is 2. The standard InChI is InChI=1S/C27H35N4O4.BrH/c1-27(2,3)24(32)18-30-13-14-31(26(30)20-9-11-21(33-6)12-10-20)28-17-19-15-22(34-7)25(29(4)5)23(16-19)35-8;/h9-17H,18H2,1-8H3;1H/q+1;/p-1/b28-17+;. The van der Waals surface area contributed by atoms with Gasteiger partial charge in [0.25, 0.3) is 0 Å². The number of ether oxygens (including phenoxy) is 3. The van der Waals surface area contributed by atoms with Crippen LogP contribution in [-0.2, 0) is 11.3 Å². The summed E-state index contributed by atoms with van der Waals surface area (Å²) < 4.78 is 20.2. The van der Waals surface area contributed by atoms with Crippen LogP contribution < -0.4 is 40.7 Å². The monoisotopic (exact) mass is 558 g/mol. The molecule has 0 saturated heterocycles. The highest BCUT2D eigenvalue weighted by molar-refractivity contribution is 5.85. The SMILES string of the molecule is COc1ccc(-c2n(/N=C/c3cc(OC)c(N(C)C)c(OC)c3)cc[n+]2CC(=O)C(C)(C)C)cc1.[Br-]. The van der Waals surface area contributed by atoms with Gasteiger partial charge in [-0.2, -0.15) is 0 Å². The molecule has 0 aliphatic rings. The summed E-state index contributed by atoms with van der Waals surface area (Å²) in [5.41, 5.74) is 2.13. The van der Waals surface area contributed by atoms with Crippen molar-refractivity contribution in [2.24, 2.45) is 10.5 Å². The zero-order valence-electron chi connectivity index (χ0n) is 22.2. The fourth-order valence-corrected chi connectivity index (χ4v) is 3.63. The van der Waals surface area contributed by atoms with E-state index < -0.39 is 5.41 Å². The number of imidazole rings is 1. The van der Waals surface area contributed by atoms with Crippen LogP contribution >= 0.6 is 0 Å². The zero-order chi connectivity index (χ0) is 25.8. The summed E-state index contributed by atoms with van der Waals surface area (Å²) in [6, 6.07) is 11.5. The molecule has 0 unspecified atom stereocenters. The number of rotatable bonds is 9. The van der Waals surface area contributed by atoms with Crippen LogP contribution in [0.15, 0.2) is 53.9 Å². The van der Waals surface area contributed by atoms with Crippen molar-refractivity contribution < 1.29 is 40.6 Å². The number of aromatic nitrogens is 2. The highest BCUT2D eigenvalue weighted by Crippen LogP contribution is 2.37. The molecule has 0 bridgehead atoms. The Hall–Kier alpha value is -3.33. The highest BCUT2D eigenvalue weighted by Gasteiger charge is 2.27. The number of nitrogens with zero attached hydrogens (tertiary/aromatic N) is 4. The summed E-state index contributed by atoms with van der Waals surface area (Å²) in [4.78, 5) is 14.8. The van der Waals surface area contributed by atoms with Gasteiger partial charge in [0.15, 0.2) is 12.0 Å². The summed E-state index contributed by atoms with van der Waals surface area (Å²) in [5, 5.41) is 4.71. The third-order valence-corrected chi connectivity index (χ3v) is 5.66. The quantitative estimate of drug-likeness (QED) is 0.290. The molecule has 36 heavy (non-hydrogen) atoms. The molecule has 0 N–H and O–H groups in total. The Morgan fingerprint density at radius 1 is 1.03 bits per heavy atom. The van der Waals surface area contributed by atoms with Crippen LogP contribution in [0.5, 0.6) is 17.2 Å². The lowest BCUT2D eigenvalue weighted by molar-refractivity contribution is -0.673. The van der Waals surface area contributed by atoms with Gasteiger partial charge in [-0.25, -0.2) is 4.57 Å². The van der Waals surface area contributed by atoms with E-state index in [1.54, 1.807) is 32.2 Å². The Morgan fingerprint density at radius 3 is 2.08 bits per heavy atom.